The van der Waals surface area contributed by atoms with Crippen molar-refractivity contribution in [2.75, 3.05) is 18.5 Å². The summed E-state index contributed by atoms with van der Waals surface area (Å²) >= 11 is 0. The molecule has 4 rings (SSSR count). The Kier molecular flexibility index (Phi) is 5.82. The highest BCUT2D eigenvalue weighted by Crippen LogP contribution is 2.23. The number of rotatable bonds is 8. The van der Waals surface area contributed by atoms with E-state index in [1.807, 2.05) is 6.07 Å². The molecule has 28 heavy (non-hydrogen) atoms. The first-order valence-corrected chi connectivity index (χ1v) is 9.81. The van der Waals surface area contributed by atoms with E-state index in [9.17, 15) is 0 Å². The summed E-state index contributed by atoms with van der Waals surface area (Å²) in [6.07, 6.45) is 4.48. The van der Waals surface area contributed by atoms with Crippen LogP contribution in [0.1, 0.15) is 30.3 Å². The van der Waals surface area contributed by atoms with Crippen LogP contribution in [0.5, 0.6) is 5.75 Å². The molecule has 1 aromatic carbocycles. The number of ether oxygens (including phenoxy) is 1. The maximum absolute atomic E-state index is 5.91. The van der Waals surface area contributed by atoms with E-state index >= 15 is 0 Å². The second-order valence-electron chi connectivity index (χ2n) is 6.94. The number of para-hydroxylation sites is 1. The molecule has 146 valence electrons. The Morgan fingerprint density at radius 1 is 1.11 bits per heavy atom. The van der Waals surface area contributed by atoms with Crippen LogP contribution in [0, 0.1) is 0 Å². The number of anilines is 1. The van der Waals surface area contributed by atoms with E-state index in [1.54, 1.807) is 18.5 Å². The van der Waals surface area contributed by atoms with Gasteiger partial charge in [0.05, 0.1) is 31.1 Å². The molecule has 0 radical (unpaired) electrons. The number of nitrogens with zero attached hydrogens (tertiary/aromatic N) is 5. The number of nitrogens with one attached hydrogen (secondary N) is 1. The van der Waals surface area contributed by atoms with Crippen molar-refractivity contribution in [2.45, 2.75) is 39.5 Å². The maximum atomic E-state index is 5.91. The first-order chi connectivity index (χ1) is 13.8. The molecule has 0 aliphatic carbocycles. The maximum Gasteiger partial charge on any atom is 0.222 e. The van der Waals surface area contributed by atoms with Gasteiger partial charge in [0.1, 0.15) is 5.75 Å². The van der Waals surface area contributed by atoms with Crippen LogP contribution in [0.3, 0.4) is 0 Å². The predicted octanol–water partition coefficient (Wildman–Crippen LogP) is 3.09. The van der Waals surface area contributed by atoms with Gasteiger partial charge in [-0.25, -0.2) is 9.97 Å². The minimum Gasteiger partial charge on any atom is -0.493 e. The highest BCUT2D eigenvalue weighted by atomic mass is 16.5. The van der Waals surface area contributed by atoms with E-state index in [0.717, 1.165) is 50.7 Å². The molecule has 0 spiro atoms. The molecule has 0 saturated carbocycles. The quantitative estimate of drug-likeness (QED) is 0.650. The lowest BCUT2D eigenvalue weighted by atomic mass is 10.1. The largest absolute Gasteiger partial charge is 0.493 e. The molecule has 0 fully saturated rings. The van der Waals surface area contributed by atoms with Crippen molar-refractivity contribution in [2.24, 2.45) is 0 Å². The van der Waals surface area contributed by atoms with E-state index in [1.165, 1.54) is 11.3 Å². The zero-order chi connectivity index (χ0) is 19.2. The first-order valence-electron chi connectivity index (χ1n) is 9.81. The fraction of sp³-hybridized carbons (Fsp3) is 0.381. The van der Waals surface area contributed by atoms with Gasteiger partial charge >= 0.3 is 0 Å². The molecule has 0 atom stereocenters. The van der Waals surface area contributed by atoms with Crippen LogP contribution < -0.4 is 10.1 Å². The van der Waals surface area contributed by atoms with Crippen LogP contribution in [0.2, 0.25) is 0 Å². The number of fused-ring (bicyclic) bond motifs is 1. The minimum atomic E-state index is 0.623. The van der Waals surface area contributed by atoms with Gasteiger partial charge in [-0.2, -0.15) is 5.10 Å². The van der Waals surface area contributed by atoms with Crippen LogP contribution in [0.15, 0.2) is 48.8 Å². The third-order valence-electron chi connectivity index (χ3n) is 4.75. The van der Waals surface area contributed by atoms with Crippen molar-refractivity contribution in [1.82, 2.24) is 24.6 Å². The molecule has 2 aromatic heterocycles. The Balaban J connectivity index is 1.38. The van der Waals surface area contributed by atoms with Crippen LogP contribution in [-0.4, -0.2) is 37.8 Å². The molecule has 0 amide bonds. The average Bonchev–Trinajstić information content (AvgIpc) is 3.15. The number of aromatic nitrogens is 4. The Bertz CT molecular complexity index is 895. The fourth-order valence-corrected chi connectivity index (χ4v) is 3.39. The Labute approximate surface area is 165 Å². The normalized spacial score (nSPS) is 13.9. The molecule has 1 aliphatic heterocycles. The second-order valence-corrected chi connectivity index (χ2v) is 6.94. The van der Waals surface area contributed by atoms with E-state index < -0.39 is 0 Å². The molecular weight excluding hydrogens is 352 g/mol. The van der Waals surface area contributed by atoms with Gasteiger partial charge in [0.25, 0.3) is 0 Å². The van der Waals surface area contributed by atoms with Gasteiger partial charge in [0.15, 0.2) is 0 Å². The van der Waals surface area contributed by atoms with Crippen molar-refractivity contribution in [3.63, 3.8) is 0 Å². The molecule has 1 aliphatic rings. The molecule has 0 unspecified atom stereocenters. The van der Waals surface area contributed by atoms with Crippen LogP contribution >= 0.6 is 0 Å². The minimum absolute atomic E-state index is 0.623. The SMILES string of the molecule is CCCOc1ccccc1CN1CCn2nc(CNc3ncccn3)cc2C1. The third kappa shape index (κ3) is 4.48. The summed E-state index contributed by atoms with van der Waals surface area (Å²) in [5.41, 5.74) is 3.49. The fourth-order valence-electron chi connectivity index (χ4n) is 3.39. The van der Waals surface area contributed by atoms with E-state index in [-0.39, 0.29) is 0 Å². The molecule has 1 N–H and O–H groups in total. The molecule has 0 saturated heterocycles. The summed E-state index contributed by atoms with van der Waals surface area (Å²) < 4.78 is 8.02. The summed E-state index contributed by atoms with van der Waals surface area (Å²) in [6.45, 7) is 7.15. The molecule has 7 nitrogen and oxygen atoms in total. The Hall–Kier alpha value is -2.93. The van der Waals surface area contributed by atoms with Crippen molar-refractivity contribution in [3.05, 3.63) is 65.7 Å². The average molecular weight is 378 g/mol. The van der Waals surface area contributed by atoms with Gasteiger partial charge in [-0.3, -0.25) is 9.58 Å². The lowest BCUT2D eigenvalue weighted by molar-refractivity contribution is 0.201. The van der Waals surface area contributed by atoms with Gasteiger partial charge < -0.3 is 10.1 Å². The van der Waals surface area contributed by atoms with Crippen molar-refractivity contribution >= 4 is 5.95 Å². The van der Waals surface area contributed by atoms with Gasteiger partial charge in [-0.05, 0) is 24.6 Å². The number of benzene rings is 1. The molecule has 0 bridgehead atoms. The summed E-state index contributed by atoms with van der Waals surface area (Å²) in [7, 11) is 0. The highest BCUT2D eigenvalue weighted by Gasteiger charge is 2.19. The van der Waals surface area contributed by atoms with Gasteiger partial charge in [0, 0.05) is 37.6 Å². The van der Waals surface area contributed by atoms with Crippen molar-refractivity contribution in [3.8, 4) is 5.75 Å². The van der Waals surface area contributed by atoms with Gasteiger partial charge in [-0.15, -0.1) is 0 Å². The smallest absolute Gasteiger partial charge is 0.222 e. The lowest BCUT2D eigenvalue weighted by Gasteiger charge is -2.28. The van der Waals surface area contributed by atoms with Crippen LogP contribution in [0.4, 0.5) is 5.95 Å². The van der Waals surface area contributed by atoms with E-state index in [0.29, 0.717) is 12.5 Å². The van der Waals surface area contributed by atoms with Crippen LogP contribution in [0.25, 0.3) is 0 Å². The highest BCUT2D eigenvalue weighted by molar-refractivity contribution is 5.33. The molecule has 3 aromatic rings. The summed E-state index contributed by atoms with van der Waals surface area (Å²) in [4.78, 5) is 10.8. The molecule has 7 heteroatoms. The summed E-state index contributed by atoms with van der Waals surface area (Å²) in [5.74, 6) is 1.62. The third-order valence-corrected chi connectivity index (χ3v) is 4.75. The van der Waals surface area contributed by atoms with E-state index in [2.05, 4.69) is 56.1 Å². The standard InChI is InChI=1S/C21H26N6O/c1-2-12-28-20-7-4-3-6-17(20)15-26-10-11-27-19(16-26)13-18(25-27)14-24-21-22-8-5-9-23-21/h3-9,13H,2,10-12,14-16H2,1H3,(H,22,23,24). The summed E-state index contributed by atoms with van der Waals surface area (Å²) in [6, 6.07) is 12.3. The first kappa shape index (κ1) is 18.4. The number of hydrogen-bond donors (Lipinski definition) is 1. The molecule has 3 heterocycles. The zero-order valence-electron chi connectivity index (χ0n) is 16.2. The summed E-state index contributed by atoms with van der Waals surface area (Å²) in [5, 5.41) is 7.93. The Morgan fingerprint density at radius 2 is 1.96 bits per heavy atom. The Morgan fingerprint density at radius 3 is 2.82 bits per heavy atom. The second kappa shape index (κ2) is 8.84. The zero-order valence-corrected chi connectivity index (χ0v) is 16.2. The lowest BCUT2D eigenvalue weighted by Crippen LogP contribution is -2.33. The van der Waals surface area contributed by atoms with E-state index in [4.69, 9.17) is 9.84 Å². The van der Waals surface area contributed by atoms with Crippen molar-refractivity contribution in [1.29, 1.82) is 0 Å². The van der Waals surface area contributed by atoms with Crippen molar-refractivity contribution < 1.29 is 4.74 Å². The van der Waals surface area contributed by atoms with Gasteiger partial charge in [-0.1, -0.05) is 25.1 Å². The van der Waals surface area contributed by atoms with Crippen LogP contribution in [-0.2, 0) is 26.2 Å². The monoisotopic (exact) mass is 378 g/mol. The molecular formula is C21H26N6O. The predicted molar refractivity (Wildman–Crippen MR) is 108 cm³/mol. The topological polar surface area (TPSA) is 68.1 Å². The van der Waals surface area contributed by atoms with Gasteiger partial charge in [0.2, 0.25) is 5.95 Å². The number of hydrogen-bond acceptors (Lipinski definition) is 6.